The Labute approximate surface area is 149 Å². The van der Waals surface area contributed by atoms with Crippen LogP contribution in [0.2, 0.25) is 0 Å². The molecule has 0 aliphatic carbocycles. The molecule has 0 aliphatic heterocycles. The number of aromatic nitrogens is 1. The molecule has 2 N–H and O–H groups in total. The van der Waals surface area contributed by atoms with Gasteiger partial charge in [0.05, 0.1) is 12.3 Å². The molecule has 1 aromatic heterocycles. The number of guanidine groups is 1. The van der Waals surface area contributed by atoms with Gasteiger partial charge in [0.2, 0.25) is 5.89 Å². The Balaban J connectivity index is 1.92. The molecular formula is C19H28N4O2. The molecule has 0 bridgehead atoms. The number of rotatable bonds is 8. The van der Waals surface area contributed by atoms with E-state index in [1.807, 2.05) is 19.1 Å². The molecule has 136 valence electrons. The monoisotopic (exact) mass is 344 g/mol. The van der Waals surface area contributed by atoms with E-state index in [0.717, 1.165) is 30.2 Å². The fourth-order valence-corrected chi connectivity index (χ4v) is 2.38. The largest absolute Gasteiger partial charge is 0.444 e. The highest BCUT2D eigenvalue weighted by Gasteiger charge is 2.07. The third-order valence-electron chi connectivity index (χ3n) is 3.63. The maximum Gasteiger partial charge on any atom is 0.226 e. The van der Waals surface area contributed by atoms with Gasteiger partial charge in [0, 0.05) is 38.2 Å². The first-order chi connectivity index (χ1) is 12.1. The van der Waals surface area contributed by atoms with Crippen molar-refractivity contribution in [3.05, 3.63) is 41.8 Å². The normalized spacial score (nSPS) is 12.9. The minimum Gasteiger partial charge on any atom is -0.444 e. The Morgan fingerprint density at radius 1 is 1.32 bits per heavy atom. The average molecular weight is 344 g/mol. The first kappa shape index (κ1) is 19.0. The molecule has 6 heteroatoms. The Bertz CT molecular complexity index is 664. The van der Waals surface area contributed by atoms with Crippen LogP contribution >= 0.6 is 0 Å². The molecule has 1 heterocycles. The predicted molar refractivity (Wildman–Crippen MR) is 101 cm³/mol. The van der Waals surface area contributed by atoms with Crippen molar-refractivity contribution < 1.29 is 9.15 Å². The third-order valence-corrected chi connectivity index (χ3v) is 3.63. The molecule has 1 unspecified atom stereocenters. The highest BCUT2D eigenvalue weighted by Crippen LogP contribution is 2.19. The molecule has 1 aromatic carbocycles. The molecule has 0 radical (unpaired) electrons. The number of oxazole rings is 1. The van der Waals surface area contributed by atoms with E-state index < -0.39 is 0 Å². The summed E-state index contributed by atoms with van der Waals surface area (Å²) in [7, 11) is 1.69. The van der Waals surface area contributed by atoms with Crippen LogP contribution in [-0.4, -0.2) is 43.8 Å². The summed E-state index contributed by atoms with van der Waals surface area (Å²) in [6.07, 6.45) is 2.43. The van der Waals surface area contributed by atoms with Crippen molar-refractivity contribution in [1.82, 2.24) is 15.6 Å². The zero-order valence-corrected chi connectivity index (χ0v) is 15.5. The summed E-state index contributed by atoms with van der Waals surface area (Å²) in [6, 6.07) is 8.35. The number of aryl methyl sites for hydroxylation is 1. The van der Waals surface area contributed by atoms with E-state index in [0.29, 0.717) is 19.0 Å². The number of nitrogens with one attached hydrogen (secondary N) is 2. The summed E-state index contributed by atoms with van der Waals surface area (Å²) >= 11 is 0. The number of aliphatic imine (C=N–C) groups is 1. The molecule has 2 rings (SSSR count). The first-order valence-electron chi connectivity index (χ1n) is 8.67. The van der Waals surface area contributed by atoms with Gasteiger partial charge in [-0.2, -0.15) is 0 Å². The molecule has 0 saturated heterocycles. The van der Waals surface area contributed by atoms with Crippen molar-refractivity contribution >= 4 is 5.96 Å². The van der Waals surface area contributed by atoms with E-state index in [1.54, 1.807) is 13.4 Å². The van der Waals surface area contributed by atoms with Crippen LogP contribution in [0, 0.1) is 6.92 Å². The van der Waals surface area contributed by atoms with Gasteiger partial charge in [-0.15, -0.1) is 0 Å². The topological polar surface area (TPSA) is 71.7 Å². The van der Waals surface area contributed by atoms with Gasteiger partial charge in [0.1, 0.15) is 6.26 Å². The lowest BCUT2D eigenvalue weighted by Crippen LogP contribution is -2.44. The highest BCUT2D eigenvalue weighted by molar-refractivity contribution is 5.80. The quantitative estimate of drug-likeness (QED) is 0.569. The summed E-state index contributed by atoms with van der Waals surface area (Å²) in [5.41, 5.74) is 3.11. The summed E-state index contributed by atoms with van der Waals surface area (Å²) in [5.74, 6) is 1.44. The predicted octanol–water partition coefficient (Wildman–Crippen LogP) is 2.78. The molecule has 0 spiro atoms. The minimum atomic E-state index is 0.197. The van der Waals surface area contributed by atoms with E-state index >= 15 is 0 Å². The van der Waals surface area contributed by atoms with Gasteiger partial charge >= 0.3 is 0 Å². The van der Waals surface area contributed by atoms with E-state index in [9.17, 15) is 0 Å². The number of benzene rings is 1. The van der Waals surface area contributed by atoms with Crippen LogP contribution in [0.4, 0.5) is 0 Å². The third kappa shape index (κ3) is 6.23. The van der Waals surface area contributed by atoms with Gasteiger partial charge in [0.15, 0.2) is 5.96 Å². The lowest BCUT2D eigenvalue weighted by Gasteiger charge is -2.16. The molecule has 2 aromatic rings. The Hall–Kier alpha value is -2.34. The van der Waals surface area contributed by atoms with Gasteiger partial charge < -0.3 is 19.8 Å². The fourth-order valence-electron chi connectivity index (χ4n) is 2.38. The number of ether oxygens (including phenoxy) is 1. The van der Waals surface area contributed by atoms with Crippen molar-refractivity contribution in [1.29, 1.82) is 0 Å². The molecule has 0 fully saturated rings. The number of nitrogens with zero attached hydrogens (tertiary/aromatic N) is 2. The highest BCUT2D eigenvalue weighted by atomic mass is 16.5. The van der Waals surface area contributed by atoms with E-state index in [2.05, 4.69) is 46.6 Å². The smallest absolute Gasteiger partial charge is 0.226 e. The van der Waals surface area contributed by atoms with Gasteiger partial charge in [0.25, 0.3) is 0 Å². The van der Waals surface area contributed by atoms with Crippen LogP contribution < -0.4 is 10.6 Å². The maximum absolute atomic E-state index is 5.58. The lowest BCUT2D eigenvalue weighted by molar-refractivity contribution is 0.179. The second-order valence-electron chi connectivity index (χ2n) is 6.02. The van der Waals surface area contributed by atoms with Crippen molar-refractivity contribution in [2.45, 2.75) is 33.2 Å². The zero-order chi connectivity index (χ0) is 18.1. The van der Waals surface area contributed by atoms with Crippen LogP contribution in [0.5, 0.6) is 0 Å². The van der Waals surface area contributed by atoms with Crippen molar-refractivity contribution in [3.63, 3.8) is 0 Å². The van der Waals surface area contributed by atoms with Crippen molar-refractivity contribution in [2.75, 3.05) is 26.8 Å². The average Bonchev–Trinajstić information content (AvgIpc) is 3.05. The zero-order valence-electron chi connectivity index (χ0n) is 15.5. The van der Waals surface area contributed by atoms with Gasteiger partial charge in [-0.1, -0.05) is 17.7 Å². The Kier molecular flexibility index (Phi) is 7.47. The van der Waals surface area contributed by atoms with Crippen LogP contribution in [0.15, 0.2) is 39.9 Å². The van der Waals surface area contributed by atoms with E-state index in [4.69, 9.17) is 9.15 Å². The molecule has 25 heavy (non-hydrogen) atoms. The second kappa shape index (κ2) is 9.84. The van der Waals surface area contributed by atoms with Crippen LogP contribution in [0.3, 0.4) is 0 Å². The Morgan fingerprint density at radius 3 is 2.76 bits per heavy atom. The molecule has 0 saturated carbocycles. The van der Waals surface area contributed by atoms with Crippen molar-refractivity contribution in [3.8, 4) is 11.5 Å². The van der Waals surface area contributed by atoms with Crippen LogP contribution in [0.25, 0.3) is 11.5 Å². The molecule has 6 nitrogen and oxygen atoms in total. The first-order valence-corrected chi connectivity index (χ1v) is 8.67. The molecule has 1 atom stereocenters. The number of hydrogen-bond acceptors (Lipinski definition) is 4. The van der Waals surface area contributed by atoms with E-state index in [1.165, 1.54) is 5.56 Å². The minimum absolute atomic E-state index is 0.197. The second-order valence-corrected chi connectivity index (χ2v) is 6.02. The number of hydrogen-bond donors (Lipinski definition) is 2. The van der Waals surface area contributed by atoms with Gasteiger partial charge in [-0.05, 0) is 32.9 Å². The lowest BCUT2D eigenvalue weighted by atomic mass is 10.1. The van der Waals surface area contributed by atoms with Crippen molar-refractivity contribution in [2.24, 2.45) is 4.99 Å². The standard InChI is InChI=1S/C19H28N4O2/c1-5-20-19(22-15(3)12-24-4)21-11-10-17-13-25-18(23-17)16-8-6-14(2)7-9-16/h6-9,13,15H,5,10-12H2,1-4H3,(H2,20,21,22). The SMILES string of the molecule is CCNC(=NCCc1coc(-c2ccc(C)cc2)n1)NC(C)COC. The summed E-state index contributed by atoms with van der Waals surface area (Å²) in [4.78, 5) is 9.13. The summed E-state index contributed by atoms with van der Waals surface area (Å²) in [5, 5.41) is 6.55. The van der Waals surface area contributed by atoms with Gasteiger partial charge in [-0.25, -0.2) is 4.98 Å². The summed E-state index contributed by atoms with van der Waals surface area (Å²) < 4.78 is 10.7. The van der Waals surface area contributed by atoms with E-state index in [-0.39, 0.29) is 6.04 Å². The summed E-state index contributed by atoms with van der Waals surface area (Å²) in [6.45, 7) is 8.24. The molecular weight excluding hydrogens is 316 g/mol. The molecule has 0 amide bonds. The Morgan fingerprint density at radius 2 is 2.08 bits per heavy atom. The van der Waals surface area contributed by atoms with Gasteiger partial charge in [-0.3, -0.25) is 4.99 Å². The van der Waals surface area contributed by atoms with Crippen LogP contribution in [0.1, 0.15) is 25.1 Å². The fraction of sp³-hybridized carbons (Fsp3) is 0.474. The maximum atomic E-state index is 5.58. The number of methoxy groups -OCH3 is 1. The van der Waals surface area contributed by atoms with Crippen LogP contribution in [-0.2, 0) is 11.2 Å². The molecule has 0 aliphatic rings.